The number of likely N-dealkylation sites (tertiary alicyclic amines) is 1. The third-order valence-corrected chi connectivity index (χ3v) is 4.63. The molecule has 1 amide bonds. The highest BCUT2D eigenvalue weighted by atomic mass is 16.5. The van der Waals surface area contributed by atoms with E-state index >= 15 is 0 Å². The predicted octanol–water partition coefficient (Wildman–Crippen LogP) is 0.339. The molecule has 0 spiro atoms. The van der Waals surface area contributed by atoms with Gasteiger partial charge in [0.1, 0.15) is 0 Å². The Bertz CT molecular complexity index is 327. The Balaban J connectivity index is 1.84. The Kier molecular flexibility index (Phi) is 4.48. The van der Waals surface area contributed by atoms with Gasteiger partial charge in [-0.3, -0.25) is 4.79 Å². The Morgan fingerprint density at radius 1 is 1.42 bits per heavy atom. The predicted molar refractivity (Wildman–Crippen MR) is 74.8 cm³/mol. The van der Waals surface area contributed by atoms with Gasteiger partial charge in [-0.05, 0) is 33.6 Å². The first kappa shape index (κ1) is 14.8. The standard InChI is InChI=1S/C14H27N3O2/c1-10(2)17-6-4-11(5-7-17)16-13(18)14(3)9-19-8-12(14)15/h10-12H,4-9,15H2,1-3H3,(H,16,18). The van der Waals surface area contributed by atoms with Crippen LogP contribution in [0, 0.1) is 5.41 Å². The van der Waals surface area contributed by atoms with E-state index in [0.717, 1.165) is 25.9 Å². The van der Waals surface area contributed by atoms with Crippen LogP contribution in [-0.4, -0.2) is 55.2 Å². The van der Waals surface area contributed by atoms with E-state index in [0.29, 0.717) is 19.3 Å². The van der Waals surface area contributed by atoms with Crippen LogP contribution in [0.25, 0.3) is 0 Å². The third-order valence-electron chi connectivity index (χ3n) is 4.63. The van der Waals surface area contributed by atoms with Crippen LogP contribution < -0.4 is 11.1 Å². The van der Waals surface area contributed by atoms with Gasteiger partial charge < -0.3 is 20.7 Å². The van der Waals surface area contributed by atoms with Crippen LogP contribution in [0.5, 0.6) is 0 Å². The maximum atomic E-state index is 12.4. The van der Waals surface area contributed by atoms with E-state index in [1.54, 1.807) is 0 Å². The van der Waals surface area contributed by atoms with E-state index in [1.807, 2.05) is 6.92 Å². The fraction of sp³-hybridized carbons (Fsp3) is 0.929. The Labute approximate surface area is 115 Å². The second-order valence-corrected chi connectivity index (χ2v) is 6.42. The molecule has 2 fully saturated rings. The largest absolute Gasteiger partial charge is 0.379 e. The second kappa shape index (κ2) is 5.77. The minimum absolute atomic E-state index is 0.0560. The van der Waals surface area contributed by atoms with Gasteiger partial charge in [0.05, 0.1) is 18.6 Å². The summed E-state index contributed by atoms with van der Waals surface area (Å²) in [6.45, 7) is 9.37. The molecule has 2 atom stereocenters. The van der Waals surface area contributed by atoms with Crippen LogP contribution in [0.4, 0.5) is 0 Å². The van der Waals surface area contributed by atoms with Gasteiger partial charge >= 0.3 is 0 Å². The van der Waals surface area contributed by atoms with E-state index in [2.05, 4.69) is 24.1 Å². The molecule has 0 bridgehead atoms. The molecule has 2 unspecified atom stereocenters. The number of ether oxygens (including phenoxy) is 1. The lowest BCUT2D eigenvalue weighted by atomic mass is 9.84. The summed E-state index contributed by atoms with van der Waals surface area (Å²) in [5.41, 5.74) is 5.43. The summed E-state index contributed by atoms with van der Waals surface area (Å²) in [5.74, 6) is 0.0560. The first-order valence-corrected chi connectivity index (χ1v) is 7.32. The molecule has 2 aliphatic heterocycles. The van der Waals surface area contributed by atoms with Crippen molar-refractivity contribution in [2.24, 2.45) is 11.1 Å². The molecule has 2 saturated heterocycles. The Morgan fingerprint density at radius 2 is 2.05 bits per heavy atom. The summed E-state index contributed by atoms with van der Waals surface area (Å²) >= 11 is 0. The maximum Gasteiger partial charge on any atom is 0.230 e. The average Bonchev–Trinajstić information content (AvgIpc) is 2.71. The lowest BCUT2D eigenvalue weighted by Crippen LogP contribution is -2.54. The molecule has 2 heterocycles. The topological polar surface area (TPSA) is 67.6 Å². The minimum Gasteiger partial charge on any atom is -0.379 e. The molecule has 0 aromatic rings. The Morgan fingerprint density at radius 3 is 2.53 bits per heavy atom. The van der Waals surface area contributed by atoms with Crippen molar-refractivity contribution < 1.29 is 9.53 Å². The fourth-order valence-corrected chi connectivity index (χ4v) is 2.83. The van der Waals surface area contributed by atoms with E-state index in [-0.39, 0.29) is 18.0 Å². The third kappa shape index (κ3) is 3.09. The number of piperidine rings is 1. The highest BCUT2D eigenvalue weighted by Crippen LogP contribution is 2.27. The zero-order valence-electron chi connectivity index (χ0n) is 12.3. The van der Waals surface area contributed by atoms with Gasteiger partial charge in [-0.2, -0.15) is 0 Å². The number of hydrogen-bond acceptors (Lipinski definition) is 4. The summed E-state index contributed by atoms with van der Waals surface area (Å²) in [7, 11) is 0. The highest BCUT2D eigenvalue weighted by Gasteiger charge is 2.44. The molecule has 5 nitrogen and oxygen atoms in total. The monoisotopic (exact) mass is 269 g/mol. The fourth-order valence-electron chi connectivity index (χ4n) is 2.83. The summed E-state index contributed by atoms with van der Waals surface area (Å²) in [6.07, 6.45) is 2.05. The van der Waals surface area contributed by atoms with Crippen molar-refractivity contribution in [2.75, 3.05) is 26.3 Å². The van der Waals surface area contributed by atoms with Crippen LogP contribution in [-0.2, 0) is 9.53 Å². The maximum absolute atomic E-state index is 12.4. The van der Waals surface area contributed by atoms with E-state index in [9.17, 15) is 4.79 Å². The van der Waals surface area contributed by atoms with Crippen molar-refractivity contribution in [1.29, 1.82) is 0 Å². The molecule has 0 radical (unpaired) electrons. The van der Waals surface area contributed by atoms with E-state index in [4.69, 9.17) is 10.5 Å². The second-order valence-electron chi connectivity index (χ2n) is 6.42. The van der Waals surface area contributed by atoms with Gasteiger partial charge in [0.2, 0.25) is 5.91 Å². The minimum atomic E-state index is -0.560. The van der Waals surface area contributed by atoms with Crippen molar-refractivity contribution in [3.05, 3.63) is 0 Å². The molecular formula is C14H27N3O2. The molecule has 19 heavy (non-hydrogen) atoms. The molecule has 110 valence electrons. The molecule has 0 saturated carbocycles. The van der Waals surface area contributed by atoms with Gasteiger partial charge in [-0.1, -0.05) is 0 Å². The summed E-state index contributed by atoms with van der Waals surface area (Å²) < 4.78 is 5.34. The van der Waals surface area contributed by atoms with Crippen LogP contribution in [0.1, 0.15) is 33.6 Å². The van der Waals surface area contributed by atoms with Gasteiger partial charge in [0.15, 0.2) is 0 Å². The van der Waals surface area contributed by atoms with Crippen molar-refractivity contribution in [1.82, 2.24) is 10.2 Å². The number of rotatable bonds is 3. The Hall–Kier alpha value is -0.650. The molecule has 2 rings (SSSR count). The zero-order chi connectivity index (χ0) is 14.0. The SMILES string of the molecule is CC(C)N1CCC(NC(=O)C2(C)COCC2N)CC1. The molecular weight excluding hydrogens is 242 g/mol. The molecule has 2 aliphatic rings. The van der Waals surface area contributed by atoms with Crippen molar-refractivity contribution in [2.45, 2.75) is 51.7 Å². The van der Waals surface area contributed by atoms with E-state index in [1.165, 1.54) is 0 Å². The van der Waals surface area contributed by atoms with E-state index < -0.39 is 5.41 Å². The number of nitrogens with one attached hydrogen (secondary N) is 1. The zero-order valence-corrected chi connectivity index (χ0v) is 12.3. The lowest BCUT2D eigenvalue weighted by molar-refractivity contribution is -0.131. The summed E-state index contributed by atoms with van der Waals surface area (Å²) in [6, 6.07) is 0.682. The molecule has 3 N–H and O–H groups in total. The van der Waals surface area contributed by atoms with Crippen LogP contribution in [0.15, 0.2) is 0 Å². The molecule has 5 heteroatoms. The lowest BCUT2D eigenvalue weighted by Gasteiger charge is -2.36. The smallest absolute Gasteiger partial charge is 0.230 e. The van der Waals surface area contributed by atoms with Crippen LogP contribution in [0.2, 0.25) is 0 Å². The number of carbonyl (C=O) groups is 1. The quantitative estimate of drug-likeness (QED) is 0.775. The number of nitrogens with zero attached hydrogens (tertiary/aromatic N) is 1. The van der Waals surface area contributed by atoms with Crippen LogP contribution >= 0.6 is 0 Å². The summed E-state index contributed by atoms with van der Waals surface area (Å²) in [5, 5.41) is 3.17. The van der Waals surface area contributed by atoms with Crippen LogP contribution in [0.3, 0.4) is 0 Å². The van der Waals surface area contributed by atoms with Crippen molar-refractivity contribution in [3.63, 3.8) is 0 Å². The average molecular weight is 269 g/mol. The van der Waals surface area contributed by atoms with Crippen molar-refractivity contribution in [3.8, 4) is 0 Å². The summed E-state index contributed by atoms with van der Waals surface area (Å²) in [4.78, 5) is 14.8. The van der Waals surface area contributed by atoms with Gasteiger partial charge in [0, 0.05) is 31.2 Å². The number of nitrogens with two attached hydrogens (primary N) is 1. The molecule has 0 aliphatic carbocycles. The first-order valence-electron chi connectivity index (χ1n) is 7.32. The molecule has 0 aromatic carbocycles. The molecule has 0 aromatic heterocycles. The number of amides is 1. The van der Waals surface area contributed by atoms with Crippen molar-refractivity contribution >= 4 is 5.91 Å². The normalized spacial score (nSPS) is 33.8. The highest BCUT2D eigenvalue weighted by molar-refractivity contribution is 5.83. The number of carbonyl (C=O) groups excluding carboxylic acids is 1. The first-order chi connectivity index (χ1) is 8.93. The number of hydrogen-bond donors (Lipinski definition) is 2. The van der Waals surface area contributed by atoms with Gasteiger partial charge in [-0.25, -0.2) is 0 Å². The van der Waals surface area contributed by atoms with Gasteiger partial charge in [0.25, 0.3) is 0 Å². The van der Waals surface area contributed by atoms with Gasteiger partial charge in [-0.15, -0.1) is 0 Å².